The first-order valence-electron chi connectivity index (χ1n) is 7.68. The molecule has 6 nitrogen and oxygen atoms in total. The molecule has 0 bridgehead atoms. The number of amides is 1. The zero-order valence-corrected chi connectivity index (χ0v) is 14.3. The molecule has 0 heterocycles. The Morgan fingerprint density at radius 3 is 2.52 bits per heavy atom. The van der Waals surface area contributed by atoms with E-state index in [0.717, 1.165) is 19.3 Å². The second-order valence-corrected chi connectivity index (χ2v) is 6.21. The number of nitrogens with two attached hydrogens (primary N) is 1. The van der Waals surface area contributed by atoms with E-state index in [-0.39, 0.29) is 30.0 Å². The Bertz CT molecular complexity index is 586. The number of nitrogens with zero attached hydrogens (tertiary/aromatic N) is 1. The minimum Gasteiger partial charge on any atom is -0.348 e. The summed E-state index contributed by atoms with van der Waals surface area (Å²) in [6.07, 6.45) is 4.44. The Kier molecular flexibility index (Phi) is 6.53. The Balaban J connectivity index is 0.00000264. The van der Waals surface area contributed by atoms with Crippen molar-refractivity contribution >= 4 is 24.0 Å². The van der Waals surface area contributed by atoms with Gasteiger partial charge in [-0.15, -0.1) is 12.4 Å². The van der Waals surface area contributed by atoms with E-state index < -0.39 is 10.5 Å². The largest absolute Gasteiger partial charge is 0.348 e. The zero-order valence-electron chi connectivity index (χ0n) is 13.5. The molecule has 0 spiro atoms. The highest BCUT2D eigenvalue weighted by Gasteiger charge is 2.35. The molecular formula is C16H24ClN3O3. The van der Waals surface area contributed by atoms with Crippen molar-refractivity contribution in [1.29, 1.82) is 0 Å². The molecule has 0 saturated heterocycles. The number of hydrogen-bond donors (Lipinski definition) is 2. The molecular weight excluding hydrogens is 318 g/mol. The summed E-state index contributed by atoms with van der Waals surface area (Å²) >= 11 is 0. The number of benzene rings is 1. The third-order valence-electron chi connectivity index (χ3n) is 4.48. The van der Waals surface area contributed by atoms with E-state index >= 15 is 0 Å². The Labute approximate surface area is 142 Å². The molecule has 0 radical (unpaired) electrons. The minimum atomic E-state index is -0.802. The molecule has 1 amide bonds. The van der Waals surface area contributed by atoms with Crippen LogP contribution in [0.25, 0.3) is 0 Å². The SMILES string of the molecule is Cc1ccc(C(C)NC(=O)C2(N)CCCCC2)cc1[N+](=O)[O-].Cl. The van der Waals surface area contributed by atoms with Crippen LogP contribution in [0.2, 0.25) is 0 Å². The number of nitro benzene ring substituents is 1. The molecule has 1 unspecified atom stereocenters. The predicted molar refractivity (Wildman–Crippen MR) is 91.6 cm³/mol. The van der Waals surface area contributed by atoms with Crippen molar-refractivity contribution in [2.75, 3.05) is 0 Å². The van der Waals surface area contributed by atoms with Gasteiger partial charge in [0.2, 0.25) is 5.91 Å². The summed E-state index contributed by atoms with van der Waals surface area (Å²) in [5, 5.41) is 13.9. The van der Waals surface area contributed by atoms with Gasteiger partial charge in [-0.2, -0.15) is 0 Å². The van der Waals surface area contributed by atoms with Crippen molar-refractivity contribution in [3.8, 4) is 0 Å². The zero-order chi connectivity index (χ0) is 16.3. The van der Waals surface area contributed by atoms with Crippen LogP contribution in [-0.2, 0) is 4.79 Å². The lowest BCUT2D eigenvalue weighted by Crippen LogP contribution is -2.55. The van der Waals surface area contributed by atoms with Crippen LogP contribution in [-0.4, -0.2) is 16.4 Å². The number of carbonyl (C=O) groups excluding carboxylic acids is 1. The van der Waals surface area contributed by atoms with Crippen molar-refractivity contribution < 1.29 is 9.72 Å². The average molecular weight is 342 g/mol. The number of carbonyl (C=O) groups is 1. The average Bonchev–Trinajstić information content (AvgIpc) is 2.48. The summed E-state index contributed by atoms with van der Waals surface area (Å²) in [5.41, 5.74) is 6.80. The summed E-state index contributed by atoms with van der Waals surface area (Å²) < 4.78 is 0. The van der Waals surface area contributed by atoms with E-state index in [2.05, 4.69) is 5.32 Å². The lowest BCUT2D eigenvalue weighted by Gasteiger charge is -2.33. The number of halogens is 1. The lowest BCUT2D eigenvalue weighted by atomic mass is 9.81. The van der Waals surface area contributed by atoms with Gasteiger partial charge in [-0.05, 0) is 32.3 Å². The number of rotatable bonds is 4. The standard InChI is InChI=1S/C16H23N3O3.ClH/c1-11-6-7-13(10-14(11)19(21)22)12(2)18-15(20)16(17)8-4-3-5-9-16;/h6-7,10,12H,3-5,8-9,17H2,1-2H3,(H,18,20);1H. The van der Waals surface area contributed by atoms with Gasteiger partial charge >= 0.3 is 0 Å². The van der Waals surface area contributed by atoms with Crippen molar-refractivity contribution in [2.45, 2.75) is 57.5 Å². The number of nitro groups is 1. The Hall–Kier alpha value is -1.66. The second kappa shape index (κ2) is 7.75. The number of hydrogen-bond acceptors (Lipinski definition) is 4. The van der Waals surface area contributed by atoms with Crippen molar-refractivity contribution in [3.05, 3.63) is 39.4 Å². The topological polar surface area (TPSA) is 98.3 Å². The molecule has 1 aromatic rings. The van der Waals surface area contributed by atoms with Crippen LogP contribution >= 0.6 is 12.4 Å². The molecule has 1 saturated carbocycles. The Morgan fingerprint density at radius 1 is 1.35 bits per heavy atom. The fraction of sp³-hybridized carbons (Fsp3) is 0.562. The Morgan fingerprint density at radius 2 is 1.96 bits per heavy atom. The minimum absolute atomic E-state index is 0. The molecule has 1 aliphatic carbocycles. The molecule has 23 heavy (non-hydrogen) atoms. The highest BCUT2D eigenvalue weighted by atomic mass is 35.5. The first-order chi connectivity index (χ1) is 10.3. The van der Waals surface area contributed by atoms with Crippen LogP contribution in [0.5, 0.6) is 0 Å². The van der Waals surface area contributed by atoms with Gasteiger partial charge in [0.1, 0.15) is 0 Å². The maximum Gasteiger partial charge on any atom is 0.272 e. The third kappa shape index (κ3) is 4.42. The van der Waals surface area contributed by atoms with Gasteiger partial charge < -0.3 is 11.1 Å². The molecule has 2 rings (SSSR count). The highest BCUT2D eigenvalue weighted by molar-refractivity contribution is 5.86. The van der Waals surface area contributed by atoms with E-state index in [1.807, 2.05) is 6.92 Å². The molecule has 1 aromatic carbocycles. The van der Waals surface area contributed by atoms with Crippen LogP contribution in [0.4, 0.5) is 5.69 Å². The second-order valence-electron chi connectivity index (χ2n) is 6.21. The number of nitrogens with one attached hydrogen (secondary N) is 1. The highest BCUT2D eigenvalue weighted by Crippen LogP contribution is 2.28. The normalized spacial score (nSPS) is 17.7. The molecule has 3 N–H and O–H groups in total. The van der Waals surface area contributed by atoms with Gasteiger partial charge in [-0.3, -0.25) is 14.9 Å². The predicted octanol–water partition coefficient (Wildman–Crippen LogP) is 3.16. The molecule has 7 heteroatoms. The van der Waals surface area contributed by atoms with Crippen LogP contribution in [0, 0.1) is 17.0 Å². The van der Waals surface area contributed by atoms with Crippen LogP contribution in [0.3, 0.4) is 0 Å². The first kappa shape index (κ1) is 19.4. The fourth-order valence-corrected chi connectivity index (χ4v) is 2.93. The third-order valence-corrected chi connectivity index (χ3v) is 4.48. The summed E-state index contributed by atoms with van der Waals surface area (Å²) in [7, 11) is 0. The van der Waals surface area contributed by atoms with Gasteiger partial charge in [0.05, 0.1) is 16.5 Å². The van der Waals surface area contributed by atoms with Crippen molar-refractivity contribution in [1.82, 2.24) is 5.32 Å². The van der Waals surface area contributed by atoms with E-state index in [0.29, 0.717) is 24.0 Å². The van der Waals surface area contributed by atoms with Gasteiger partial charge in [0.25, 0.3) is 5.69 Å². The van der Waals surface area contributed by atoms with E-state index in [4.69, 9.17) is 5.73 Å². The van der Waals surface area contributed by atoms with Crippen molar-refractivity contribution in [2.24, 2.45) is 5.73 Å². The maximum absolute atomic E-state index is 12.4. The van der Waals surface area contributed by atoms with Crippen LogP contribution in [0.15, 0.2) is 18.2 Å². The molecule has 128 valence electrons. The first-order valence-corrected chi connectivity index (χ1v) is 7.68. The molecule has 1 aliphatic rings. The number of aryl methyl sites for hydroxylation is 1. The van der Waals surface area contributed by atoms with Crippen molar-refractivity contribution in [3.63, 3.8) is 0 Å². The molecule has 1 atom stereocenters. The van der Waals surface area contributed by atoms with E-state index in [1.54, 1.807) is 19.1 Å². The summed E-state index contributed by atoms with van der Waals surface area (Å²) in [6, 6.07) is 4.71. The smallest absolute Gasteiger partial charge is 0.272 e. The summed E-state index contributed by atoms with van der Waals surface area (Å²) in [6.45, 7) is 3.51. The maximum atomic E-state index is 12.4. The monoisotopic (exact) mass is 341 g/mol. The summed E-state index contributed by atoms with van der Waals surface area (Å²) in [4.78, 5) is 23.0. The van der Waals surface area contributed by atoms with Gasteiger partial charge in [-0.1, -0.05) is 31.4 Å². The molecule has 1 fully saturated rings. The lowest BCUT2D eigenvalue weighted by molar-refractivity contribution is -0.385. The molecule has 0 aromatic heterocycles. The summed E-state index contributed by atoms with van der Waals surface area (Å²) in [5.74, 6) is -0.164. The van der Waals surface area contributed by atoms with E-state index in [1.165, 1.54) is 6.07 Å². The van der Waals surface area contributed by atoms with Crippen LogP contribution in [0.1, 0.15) is 56.2 Å². The quantitative estimate of drug-likeness (QED) is 0.649. The van der Waals surface area contributed by atoms with E-state index in [9.17, 15) is 14.9 Å². The van der Waals surface area contributed by atoms with Gasteiger partial charge in [0.15, 0.2) is 0 Å². The van der Waals surface area contributed by atoms with Crippen LogP contribution < -0.4 is 11.1 Å². The molecule has 0 aliphatic heterocycles. The fourth-order valence-electron chi connectivity index (χ4n) is 2.93. The van der Waals surface area contributed by atoms with Gasteiger partial charge in [-0.25, -0.2) is 0 Å². The van der Waals surface area contributed by atoms with Gasteiger partial charge in [0, 0.05) is 11.6 Å².